The molecule has 1 aliphatic heterocycles. The van der Waals surface area contributed by atoms with Gasteiger partial charge in [-0.3, -0.25) is 14.5 Å². The Labute approximate surface area is 200 Å². The van der Waals surface area contributed by atoms with Gasteiger partial charge in [-0.2, -0.15) is 0 Å². The van der Waals surface area contributed by atoms with E-state index in [4.69, 9.17) is 9.15 Å². The number of furan rings is 1. The van der Waals surface area contributed by atoms with E-state index in [0.29, 0.717) is 13.0 Å². The molecule has 0 bridgehead atoms. The number of carbonyl (C=O) groups is 2. The number of methoxy groups -OCH3 is 1. The van der Waals surface area contributed by atoms with Crippen LogP contribution in [0.3, 0.4) is 0 Å². The van der Waals surface area contributed by atoms with Crippen LogP contribution in [0.2, 0.25) is 0 Å². The lowest BCUT2D eigenvalue weighted by Crippen LogP contribution is -2.49. The number of ether oxygens (including phenoxy) is 1. The predicted molar refractivity (Wildman–Crippen MR) is 130 cm³/mol. The van der Waals surface area contributed by atoms with E-state index in [-0.39, 0.29) is 17.7 Å². The van der Waals surface area contributed by atoms with Crippen LogP contribution in [0.25, 0.3) is 0 Å². The van der Waals surface area contributed by atoms with Gasteiger partial charge in [-0.05, 0) is 49.7 Å². The first-order valence-corrected chi connectivity index (χ1v) is 11.7. The highest BCUT2D eigenvalue weighted by molar-refractivity contribution is 5.95. The molecule has 0 radical (unpaired) electrons. The lowest BCUT2D eigenvalue weighted by molar-refractivity contribution is -0.123. The number of benzene rings is 2. The molecule has 0 spiro atoms. The Kier molecular flexibility index (Phi) is 7.99. The number of nitrogens with zero attached hydrogens (tertiary/aromatic N) is 1. The van der Waals surface area contributed by atoms with Gasteiger partial charge >= 0.3 is 0 Å². The van der Waals surface area contributed by atoms with Crippen LogP contribution >= 0.6 is 0 Å². The van der Waals surface area contributed by atoms with Gasteiger partial charge in [0.25, 0.3) is 5.91 Å². The third kappa shape index (κ3) is 5.85. The maximum Gasteiger partial charge on any atom is 0.287 e. The summed E-state index contributed by atoms with van der Waals surface area (Å²) in [6, 6.07) is 20.1. The first-order valence-electron chi connectivity index (χ1n) is 11.7. The molecule has 0 aliphatic carbocycles. The average molecular weight is 462 g/mol. The highest BCUT2D eigenvalue weighted by Gasteiger charge is 2.28. The van der Waals surface area contributed by atoms with Crippen molar-refractivity contribution in [1.29, 1.82) is 0 Å². The summed E-state index contributed by atoms with van der Waals surface area (Å²) < 4.78 is 10.8. The molecular formula is C27H31N3O4. The maximum absolute atomic E-state index is 13.4. The summed E-state index contributed by atoms with van der Waals surface area (Å²) in [6.45, 7) is 2.36. The van der Waals surface area contributed by atoms with Gasteiger partial charge in [0.1, 0.15) is 11.8 Å². The minimum absolute atomic E-state index is 0.0132. The van der Waals surface area contributed by atoms with Crippen molar-refractivity contribution in [2.45, 2.75) is 31.3 Å². The SMILES string of the molecule is COc1ccccc1C(CNC(=O)C(Cc1ccccc1)NC(=O)c1ccco1)N1CCCC1. The first kappa shape index (κ1) is 23.6. The summed E-state index contributed by atoms with van der Waals surface area (Å²) in [4.78, 5) is 28.4. The van der Waals surface area contributed by atoms with Crippen molar-refractivity contribution in [3.63, 3.8) is 0 Å². The van der Waals surface area contributed by atoms with Crippen LogP contribution in [0.1, 0.15) is 40.6 Å². The molecular weight excluding hydrogens is 430 g/mol. The van der Waals surface area contributed by atoms with Crippen molar-refractivity contribution >= 4 is 11.8 Å². The van der Waals surface area contributed by atoms with E-state index in [2.05, 4.69) is 15.5 Å². The van der Waals surface area contributed by atoms with E-state index < -0.39 is 11.9 Å². The molecule has 34 heavy (non-hydrogen) atoms. The zero-order chi connectivity index (χ0) is 23.8. The van der Waals surface area contributed by atoms with E-state index in [1.807, 2.05) is 54.6 Å². The molecule has 0 saturated carbocycles. The van der Waals surface area contributed by atoms with Crippen molar-refractivity contribution in [2.75, 3.05) is 26.7 Å². The van der Waals surface area contributed by atoms with Crippen molar-refractivity contribution < 1.29 is 18.7 Å². The number of rotatable bonds is 10. The molecule has 1 saturated heterocycles. The molecule has 4 rings (SSSR count). The van der Waals surface area contributed by atoms with Gasteiger partial charge in [0.15, 0.2) is 5.76 Å². The fraction of sp³-hybridized carbons (Fsp3) is 0.333. The number of para-hydroxylation sites is 1. The lowest BCUT2D eigenvalue weighted by Gasteiger charge is -2.30. The number of amides is 2. The number of likely N-dealkylation sites (tertiary alicyclic amines) is 1. The van der Waals surface area contributed by atoms with Gasteiger partial charge in [0.05, 0.1) is 19.4 Å². The van der Waals surface area contributed by atoms with Crippen molar-refractivity contribution in [3.05, 3.63) is 89.9 Å². The van der Waals surface area contributed by atoms with E-state index >= 15 is 0 Å². The zero-order valence-electron chi connectivity index (χ0n) is 19.4. The van der Waals surface area contributed by atoms with E-state index in [1.54, 1.807) is 19.2 Å². The Morgan fingerprint density at radius 3 is 2.44 bits per heavy atom. The minimum Gasteiger partial charge on any atom is -0.496 e. The van der Waals surface area contributed by atoms with Gasteiger partial charge in [-0.25, -0.2) is 0 Å². The molecule has 2 N–H and O–H groups in total. The van der Waals surface area contributed by atoms with Gasteiger partial charge < -0.3 is 19.8 Å². The Hall–Kier alpha value is -3.58. The van der Waals surface area contributed by atoms with Crippen LogP contribution in [-0.2, 0) is 11.2 Å². The van der Waals surface area contributed by atoms with Gasteiger partial charge in [0.2, 0.25) is 5.91 Å². The summed E-state index contributed by atoms with van der Waals surface area (Å²) in [5, 5.41) is 5.94. The highest BCUT2D eigenvalue weighted by Crippen LogP contribution is 2.31. The largest absolute Gasteiger partial charge is 0.496 e. The Morgan fingerprint density at radius 2 is 1.74 bits per heavy atom. The summed E-state index contributed by atoms with van der Waals surface area (Å²) in [5.74, 6) is 0.334. The molecule has 2 aromatic carbocycles. The third-order valence-corrected chi connectivity index (χ3v) is 6.20. The summed E-state index contributed by atoms with van der Waals surface area (Å²) in [6.07, 6.45) is 4.09. The maximum atomic E-state index is 13.4. The quantitative estimate of drug-likeness (QED) is 0.482. The minimum atomic E-state index is -0.739. The lowest BCUT2D eigenvalue weighted by atomic mass is 10.0. The third-order valence-electron chi connectivity index (χ3n) is 6.20. The number of hydrogen-bond acceptors (Lipinski definition) is 5. The van der Waals surface area contributed by atoms with Gasteiger partial charge in [0, 0.05) is 18.5 Å². The van der Waals surface area contributed by atoms with Gasteiger partial charge in [-0.1, -0.05) is 48.5 Å². The Balaban J connectivity index is 1.50. The summed E-state index contributed by atoms with van der Waals surface area (Å²) in [7, 11) is 1.67. The Morgan fingerprint density at radius 1 is 1.00 bits per heavy atom. The van der Waals surface area contributed by atoms with Gasteiger partial charge in [-0.15, -0.1) is 0 Å². The molecule has 7 heteroatoms. The van der Waals surface area contributed by atoms with Crippen LogP contribution < -0.4 is 15.4 Å². The molecule has 2 heterocycles. The first-order chi connectivity index (χ1) is 16.7. The molecule has 178 valence electrons. The fourth-order valence-corrected chi connectivity index (χ4v) is 4.45. The van der Waals surface area contributed by atoms with Crippen LogP contribution in [0.5, 0.6) is 5.75 Å². The summed E-state index contributed by atoms with van der Waals surface area (Å²) >= 11 is 0. The predicted octanol–water partition coefficient (Wildman–Crippen LogP) is 3.58. The number of nitrogens with one attached hydrogen (secondary N) is 2. The van der Waals surface area contributed by atoms with Crippen molar-refractivity contribution in [2.24, 2.45) is 0 Å². The highest BCUT2D eigenvalue weighted by atomic mass is 16.5. The second-order valence-corrected chi connectivity index (χ2v) is 8.44. The molecule has 1 aliphatic rings. The molecule has 1 fully saturated rings. The topological polar surface area (TPSA) is 83.8 Å². The number of carbonyl (C=O) groups excluding carboxylic acids is 2. The summed E-state index contributed by atoms with van der Waals surface area (Å²) in [5.41, 5.74) is 2.01. The van der Waals surface area contributed by atoms with Crippen molar-refractivity contribution in [3.8, 4) is 5.75 Å². The number of hydrogen-bond donors (Lipinski definition) is 2. The fourth-order valence-electron chi connectivity index (χ4n) is 4.45. The monoisotopic (exact) mass is 461 g/mol. The molecule has 1 aromatic heterocycles. The van der Waals surface area contributed by atoms with E-state index in [9.17, 15) is 9.59 Å². The molecule has 7 nitrogen and oxygen atoms in total. The van der Waals surface area contributed by atoms with Crippen molar-refractivity contribution in [1.82, 2.24) is 15.5 Å². The second-order valence-electron chi connectivity index (χ2n) is 8.44. The molecule has 2 atom stereocenters. The van der Waals surface area contributed by atoms with Crippen LogP contribution in [0.4, 0.5) is 0 Å². The Bertz CT molecular complexity index is 1060. The average Bonchev–Trinajstić information content (AvgIpc) is 3.59. The second kappa shape index (κ2) is 11.5. The smallest absolute Gasteiger partial charge is 0.287 e. The van der Waals surface area contributed by atoms with Crippen LogP contribution in [0.15, 0.2) is 77.4 Å². The molecule has 2 amide bonds. The standard InChI is InChI=1S/C27H31N3O4/c1-33-24-13-6-5-12-21(24)23(30-15-7-8-16-30)19-28-26(31)22(18-20-10-3-2-4-11-20)29-27(32)25-14-9-17-34-25/h2-6,9-14,17,22-23H,7-8,15-16,18-19H2,1H3,(H,28,31)(H,29,32). The molecule has 3 aromatic rings. The van der Waals surface area contributed by atoms with E-state index in [0.717, 1.165) is 42.8 Å². The van der Waals surface area contributed by atoms with Crippen LogP contribution in [-0.4, -0.2) is 49.5 Å². The van der Waals surface area contributed by atoms with E-state index in [1.165, 1.54) is 6.26 Å². The molecule has 2 unspecified atom stereocenters. The zero-order valence-corrected chi connectivity index (χ0v) is 19.4. The van der Waals surface area contributed by atoms with Crippen LogP contribution in [0, 0.1) is 0 Å². The normalized spacial score (nSPS) is 15.4.